The number of hydrogen-bond donors (Lipinski definition) is 0. The second-order valence-corrected chi connectivity index (χ2v) is 5.75. The predicted molar refractivity (Wildman–Crippen MR) is 72.4 cm³/mol. The Balaban J connectivity index is 2.16. The molecule has 0 aliphatic heterocycles. The van der Waals surface area contributed by atoms with Crippen LogP contribution in [-0.2, 0) is 6.54 Å². The van der Waals surface area contributed by atoms with Gasteiger partial charge in [0.25, 0.3) is 0 Å². The minimum Gasteiger partial charge on any atom is -0.248 e. The van der Waals surface area contributed by atoms with Gasteiger partial charge >= 0.3 is 0 Å². The van der Waals surface area contributed by atoms with E-state index in [1.54, 1.807) is 0 Å². The lowest BCUT2D eigenvalue weighted by molar-refractivity contribution is 0.649. The lowest BCUT2D eigenvalue weighted by Gasteiger charge is -2.04. The predicted octanol–water partition coefficient (Wildman–Crippen LogP) is 3.40. The summed E-state index contributed by atoms with van der Waals surface area (Å²) in [6, 6.07) is 6.49. The molecule has 0 saturated carbocycles. The van der Waals surface area contributed by atoms with Crippen LogP contribution in [0, 0.1) is 13.8 Å². The summed E-state index contributed by atoms with van der Waals surface area (Å²) in [5.74, 6) is 0. The van der Waals surface area contributed by atoms with Crippen LogP contribution in [0.25, 0.3) is 0 Å². The molecule has 1 aromatic carbocycles. The van der Waals surface area contributed by atoms with Crippen molar-refractivity contribution in [1.29, 1.82) is 0 Å². The molecule has 3 nitrogen and oxygen atoms in total. The summed E-state index contributed by atoms with van der Waals surface area (Å²) in [5, 5.41) is 8.24. The zero-order valence-electron chi connectivity index (χ0n) is 10.3. The molecule has 2 rings (SSSR count). The summed E-state index contributed by atoms with van der Waals surface area (Å²) >= 11 is 3.49. The molecule has 1 aromatic heterocycles. The van der Waals surface area contributed by atoms with E-state index in [1.807, 2.05) is 17.8 Å². The largest absolute Gasteiger partial charge is 0.248 e. The SMILES string of the molecule is Cc1ccc(Cn2cc(C(C)Br)nn2)cc1C. The summed E-state index contributed by atoms with van der Waals surface area (Å²) in [6.45, 7) is 7.07. The molecule has 0 fully saturated rings. The first-order valence-corrected chi connectivity index (χ1v) is 6.58. The van der Waals surface area contributed by atoms with Crippen molar-refractivity contribution >= 4 is 15.9 Å². The van der Waals surface area contributed by atoms with E-state index in [2.05, 4.69) is 58.3 Å². The molecule has 1 heterocycles. The van der Waals surface area contributed by atoms with Crippen LogP contribution in [0.2, 0.25) is 0 Å². The Bertz CT molecular complexity index is 517. The molecule has 1 unspecified atom stereocenters. The van der Waals surface area contributed by atoms with Gasteiger partial charge in [0, 0.05) is 6.20 Å². The maximum Gasteiger partial charge on any atom is 0.0960 e. The Labute approximate surface area is 110 Å². The van der Waals surface area contributed by atoms with Crippen LogP contribution < -0.4 is 0 Å². The van der Waals surface area contributed by atoms with Crippen LogP contribution in [-0.4, -0.2) is 15.0 Å². The van der Waals surface area contributed by atoms with Crippen molar-refractivity contribution in [3.05, 3.63) is 46.8 Å². The second-order valence-electron chi connectivity index (χ2n) is 4.38. The van der Waals surface area contributed by atoms with Crippen LogP contribution in [0.1, 0.15) is 34.1 Å². The fourth-order valence-electron chi connectivity index (χ4n) is 1.66. The zero-order valence-corrected chi connectivity index (χ0v) is 11.9. The van der Waals surface area contributed by atoms with Crippen LogP contribution >= 0.6 is 15.9 Å². The lowest BCUT2D eigenvalue weighted by Crippen LogP contribution is -2.01. The molecule has 2 aromatic rings. The van der Waals surface area contributed by atoms with Crippen molar-refractivity contribution in [2.75, 3.05) is 0 Å². The van der Waals surface area contributed by atoms with E-state index >= 15 is 0 Å². The van der Waals surface area contributed by atoms with Gasteiger partial charge in [-0.25, -0.2) is 4.68 Å². The monoisotopic (exact) mass is 293 g/mol. The summed E-state index contributed by atoms with van der Waals surface area (Å²) in [5.41, 5.74) is 4.86. The van der Waals surface area contributed by atoms with Crippen LogP contribution in [0.15, 0.2) is 24.4 Å². The average Bonchev–Trinajstić information content (AvgIpc) is 2.72. The fourth-order valence-corrected chi connectivity index (χ4v) is 1.87. The number of rotatable bonds is 3. The van der Waals surface area contributed by atoms with Crippen molar-refractivity contribution < 1.29 is 0 Å². The number of halogens is 1. The van der Waals surface area contributed by atoms with Gasteiger partial charge in [-0.05, 0) is 37.5 Å². The van der Waals surface area contributed by atoms with E-state index in [0.717, 1.165) is 12.2 Å². The lowest BCUT2D eigenvalue weighted by atomic mass is 10.1. The van der Waals surface area contributed by atoms with Crippen LogP contribution in [0.5, 0.6) is 0 Å². The van der Waals surface area contributed by atoms with Gasteiger partial charge < -0.3 is 0 Å². The van der Waals surface area contributed by atoms with Gasteiger partial charge in [-0.2, -0.15) is 0 Å². The molecule has 0 aliphatic rings. The second kappa shape index (κ2) is 5.00. The summed E-state index contributed by atoms with van der Waals surface area (Å²) < 4.78 is 1.87. The van der Waals surface area contributed by atoms with Crippen molar-refractivity contribution in [3.63, 3.8) is 0 Å². The number of aromatic nitrogens is 3. The maximum absolute atomic E-state index is 4.12. The van der Waals surface area contributed by atoms with E-state index < -0.39 is 0 Å². The van der Waals surface area contributed by atoms with E-state index in [1.165, 1.54) is 16.7 Å². The fraction of sp³-hybridized carbons (Fsp3) is 0.385. The standard InChI is InChI=1S/C13H16BrN3/c1-9-4-5-12(6-10(9)2)7-17-8-13(11(3)14)15-16-17/h4-6,8,11H,7H2,1-3H3. The first-order valence-electron chi connectivity index (χ1n) is 5.66. The molecule has 17 heavy (non-hydrogen) atoms. The Morgan fingerprint density at radius 3 is 2.65 bits per heavy atom. The van der Waals surface area contributed by atoms with Crippen LogP contribution in [0.4, 0.5) is 0 Å². The Hall–Kier alpha value is -1.16. The third kappa shape index (κ3) is 2.94. The highest BCUT2D eigenvalue weighted by molar-refractivity contribution is 9.09. The van der Waals surface area contributed by atoms with Crippen molar-refractivity contribution in [2.24, 2.45) is 0 Å². The zero-order chi connectivity index (χ0) is 12.4. The maximum atomic E-state index is 4.12. The first-order chi connectivity index (χ1) is 8.06. The van der Waals surface area contributed by atoms with E-state index in [0.29, 0.717) is 0 Å². The number of benzene rings is 1. The number of alkyl halides is 1. The Morgan fingerprint density at radius 2 is 2.06 bits per heavy atom. The minimum absolute atomic E-state index is 0.246. The van der Waals surface area contributed by atoms with Crippen molar-refractivity contribution in [2.45, 2.75) is 32.1 Å². The molecule has 0 N–H and O–H groups in total. The van der Waals surface area contributed by atoms with Gasteiger partial charge in [-0.15, -0.1) is 5.10 Å². The molecule has 0 aliphatic carbocycles. The third-order valence-corrected chi connectivity index (χ3v) is 3.35. The number of hydrogen-bond acceptors (Lipinski definition) is 2. The first kappa shape index (κ1) is 12.3. The molecular weight excluding hydrogens is 278 g/mol. The molecule has 0 bridgehead atoms. The molecule has 90 valence electrons. The smallest absolute Gasteiger partial charge is 0.0960 e. The molecule has 4 heteroatoms. The van der Waals surface area contributed by atoms with Gasteiger partial charge in [-0.1, -0.05) is 39.3 Å². The number of aryl methyl sites for hydroxylation is 2. The van der Waals surface area contributed by atoms with Gasteiger partial charge in [0.1, 0.15) is 0 Å². The normalized spacial score (nSPS) is 12.7. The number of nitrogens with zero attached hydrogens (tertiary/aromatic N) is 3. The summed E-state index contributed by atoms with van der Waals surface area (Å²) in [7, 11) is 0. The molecule has 0 spiro atoms. The summed E-state index contributed by atoms with van der Waals surface area (Å²) in [6.07, 6.45) is 1.98. The molecule has 0 amide bonds. The Kier molecular flexibility index (Phi) is 3.62. The van der Waals surface area contributed by atoms with Gasteiger partial charge in [0.05, 0.1) is 17.1 Å². The van der Waals surface area contributed by atoms with Crippen molar-refractivity contribution in [3.8, 4) is 0 Å². The molecule has 0 radical (unpaired) electrons. The summed E-state index contributed by atoms with van der Waals surface area (Å²) in [4.78, 5) is 0.246. The molecule has 0 saturated heterocycles. The minimum atomic E-state index is 0.246. The van der Waals surface area contributed by atoms with Gasteiger partial charge in [0.2, 0.25) is 0 Å². The third-order valence-electron chi connectivity index (χ3n) is 2.88. The van der Waals surface area contributed by atoms with Gasteiger partial charge in [0.15, 0.2) is 0 Å². The molecular formula is C13H16BrN3. The molecule has 1 atom stereocenters. The van der Waals surface area contributed by atoms with E-state index in [4.69, 9.17) is 0 Å². The topological polar surface area (TPSA) is 30.7 Å². The van der Waals surface area contributed by atoms with Crippen molar-refractivity contribution in [1.82, 2.24) is 15.0 Å². The van der Waals surface area contributed by atoms with Crippen LogP contribution in [0.3, 0.4) is 0 Å². The highest BCUT2D eigenvalue weighted by atomic mass is 79.9. The van der Waals surface area contributed by atoms with E-state index in [-0.39, 0.29) is 4.83 Å². The Morgan fingerprint density at radius 1 is 1.29 bits per heavy atom. The average molecular weight is 294 g/mol. The highest BCUT2D eigenvalue weighted by Crippen LogP contribution is 2.18. The van der Waals surface area contributed by atoms with E-state index in [9.17, 15) is 0 Å². The van der Waals surface area contributed by atoms with Gasteiger partial charge in [-0.3, -0.25) is 0 Å². The highest BCUT2D eigenvalue weighted by Gasteiger charge is 2.06. The quantitative estimate of drug-likeness (QED) is 0.812.